The summed E-state index contributed by atoms with van der Waals surface area (Å²) in [5.41, 5.74) is 2.95. The van der Waals surface area contributed by atoms with Crippen molar-refractivity contribution in [3.05, 3.63) is 99.0 Å². The molecule has 6 nitrogen and oxygen atoms in total. The fourth-order valence-corrected chi connectivity index (χ4v) is 5.51. The minimum absolute atomic E-state index is 0.000752. The standard InChI is InChI=1S/C31H33Cl2N3O3/c1-21(2)30(37)36-20-31(23-5-9-25(32)10-6-23,24-7-11-26(33)12-8-24)34-29(36)27-18-22(4-13-28(27)38-3)19-35-14-16-39-17-15-35/h4-13,18,21H,14-17,19-20H2,1-3H3. The van der Waals surface area contributed by atoms with Crippen molar-refractivity contribution >= 4 is 34.9 Å². The van der Waals surface area contributed by atoms with Crippen molar-refractivity contribution in [1.82, 2.24) is 9.80 Å². The van der Waals surface area contributed by atoms with Crippen molar-refractivity contribution in [2.24, 2.45) is 10.9 Å². The van der Waals surface area contributed by atoms with E-state index in [0.29, 0.717) is 28.2 Å². The molecule has 2 aliphatic rings. The topological polar surface area (TPSA) is 54.4 Å². The number of amides is 1. The molecule has 3 aromatic carbocycles. The Kier molecular flexibility index (Phi) is 8.29. The molecule has 0 aliphatic carbocycles. The molecule has 0 bridgehead atoms. The second-order valence-corrected chi connectivity index (χ2v) is 11.2. The van der Waals surface area contributed by atoms with E-state index in [4.69, 9.17) is 37.7 Å². The van der Waals surface area contributed by atoms with E-state index in [9.17, 15) is 4.79 Å². The van der Waals surface area contributed by atoms with Crippen molar-refractivity contribution in [3.63, 3.8) is 0 Å². The zero-order valence-corrected chi connectivity index (χ0v) is 24.0. The van der Waals surface area contributed by atoms with Crippen molar-refractivity contribution < 1.29 is 14.3 Å². The summed E-state index contributed by atoms with van der Waals surface area (Å²) < 4.78 is 11.3. The zero-order chi connectivity index (χ0) is 27.6. The van der Waals surface area contributed by atoms with Crippen LogP contribution in [-0.4, -0.2) is 61.5 Å². The quantitative estimate of drug-likeness (QED) is 0.351. The largest absolute Gasteiger partial charge is 0.496 e. The highest BCUT2D eigenvalue weighted by atomic mass is 35.5. The van der Waals surface area contributed by atoms with Crippen LogP contribution in [0, 0.1) is 5.92 Å². The van der Waals surface area contributed by atoms with E-state index in [1.165, 1.54) is 0 Å². The summed E-state index contributed by atoms with van der Waals surface area (Å²) in [6.45, 7) is 8.19. The van der Waals surface area contributed by atoms with Gasteiger partial charge in [-0.15, -0.1) is 0 Å². The molecule has 3 aromatic rings. The van der Waals surface area contributed by atoms with Gasteiger partial charge >= 0.3 is 0 Å². The molecule has 2 heterocycles. The van der Waals surface area contributed by atoms with E-state index >= 15 is 0 Å². The first-order chi connectivity index (χ1) is 18.8. The van der Waals surface area contributed by atoms with Gasteiger partial charge in [0.05, 0.1) is 32.4 Å². The Morgan fingerprint density at radius 2 is 1.56 bits per heavy atom. The third-order valence-electron chi connectivity index (χ3n) is 7.36. The van der Waals surface area contributed by atoms with E-state index in [-0.39, 0.29) is 11.8 Å². The molecule has 1 saturated heterocycles. The average molecular weight is 567 g/mol. The summed E-state index contributed by atoms with van der Waals surface area (Å²) in [7, 11) is 1.65. The van der Waals surface area contributed by atoms with Gasteiger partial charge in [0.1, 0.15) is 17.1 Å². The van der Waals surface area contributed by atoms with Crippen LogP contribution >= 0.6 is 23.2 Å². The maximum atomic E-state index is 13.7. The van der Waals surface area contributed by atoms with Crippen LogP contribution in [-0.2, 0) is 21.6 Å². The number of hydrogen-bond acceptors (Lipinski definition) is 5. The second-order valence-electron chi connectivity index (χ2n) is 10.3. The van der Waals surface area contributed by atoms with Crippen LogP contribution in [0.2, 0.25) is 10.0 Å². The number of methoxy groups -OCH3 is 1. The number of rotatable bonds is 7. The van der Waals surface area contributed by atoms with Crippen molar-refractivity contribution in [2.45, 2.75) is 25.9 Å². The Balaban J connectivity index is 1.68. The summed E-state index contributed by atoms with van der Waals surface area (Å²) in [5, 5.41) is 1.28. The Morgan fingerprint density at radius 3 is 2.10 bits per heavy atom. The second kappa shape index (κ2) is 11.7. The maximum absolute atomic E-state index is 13.7. The smallest absolute Gasteiger partial charge is 0.230 e. The van der Waals surface area contributed by atoms with Gasteiger partial charge in [-0.3, -0.25) is 14.6 Å². The molecule has 0 spiro atoms. The lowest BCUT2D eigenvalue weighted by atomic mass is 9.83. The van der Waals surface area contributed by atoms with Crippen LogP contribution < -0.4 is 4.74 Å². The fraction of sp³-hybridized carbons (Fsp3) is 0.355. The van der Waals surface area contributed by atoms with Gasteiger partial charge in [-0.2, -0.15) is 0 Å². The first-order valence-corrected chi connectivity index (χ1v) is 14.0. The van der Waals surface area contributed by atoms with Crippen LogP contribution in [0.25, 0.3) is 0 Å². The van der Waals surface area contributed by atoms with E-state index in [0.717, 1.165) is 55.1 Å². The predicted octanol–water partition coefficient (Wildman–Crippen LogP) is 6.02. The maximum Gasteiger partial charge on any atom is 0.230 e. The highest BCUT2D eigenvalue weighted by Gasteiger charge is 2.46. The first kappa shape index (κ1) is 27.7. The van der Waals surface area contributed by atoms with Crippen LogP contribution in [0.3, 0.4) is 0 Å². The molecular weight excluding hydrogens is 533 g/mol. The van der Waals surface area contributed by atoms with Gasteiger partial charge in [0.2, 0.25) is 5.91 Å². The van der Waals surface area contributed by atoms with Crippen LogP contribution in [0.1, 0.15) is 36.1 Å². The highest BCUT2D eigenvalue weighted by molar-refractivity contribution is 6.30. The minimum atomic E-state index is -0.847. The molecule has 0 atom stereocenters. The van der Waals surface area contributed by atoms with Crippen molar-refractivity contribution in [3.8, 4) is 5.75 Å². The number of carbonyl (C=O) groups excluding carboxylic acids is 1. The lowest BCUT2D eigenvalue weighted by Crippen LogP contribution is -2.41. The molecule has 0 aromatic heterocycles. The number of carbonyl (C=O) groups is 1. The Hall–Kier alpha value is -2.90. The van der Waals surface area contributed by atoms with E-state index in [1.54, 1.807) is 7.11 Å². The minimum Gasteiger partial charge on any atom is -0.496 e. The number of aliphatic imine (C=N–C) groups is 1. The fourth-order valence-electron chi connectivity index (χ4n) is 5.26. The molecule has 0 saturated carbocycles. The number of morpholine rings is 1. The van der Waals surface area contributed by atoms with Gasteiger partial charge in [-0.05, 0) is 53.1 Å². The molecular formula is C31H33Cl2N3O3. The summed E-state index contributed by atoms with van der Waals surface area (Å²) in [6.07, 6.45) is 0. The van der Waals surface area contributed by atoms with Gasteiger partial charge in [-0.25, -0.2) is 4.99 Å². The highest BCUT2D eigenvalue weighted by Crippen LogP contribution is 2.42. The molecule has 0 N–H and O–H groups in total. The Labute approximate surface area is 240 Å². The molecule has 204 valence electrons. The van der Waals surface area contributed by atoms with Gasteiger partial charge in [0, 0.05) is 35.6 Å². The van der Waals surface area contributed by atoms with E-state index in [1.807, 2.05) is 73.3 Å². The molecule has 0 radical (unpaired) electrons. The molecule has 39 heavy (non-hydrogen) atoms. The summed E-state index contributed by atoms with van der Waals surface area (Å²) in [6, 6.07) is 21.5. The summed E-state index contributed by atoms with van der Waals surface area (Å²) in [4.78, 5) is 23.3. The van der Waals surface area contributed by atoms with Gasteiger partial charge in [0.15, 0.2) is 0 Å². The van der Waals surface area contributed by atoms with Crippen LogP contribution in [0.4, 0.5) is 0 Å². The Bertz CT molecular complexity index is 1300. The average Bonchev–Trinajstić information content (AvgIpc) is 3.35. The number of nitrogens with zero attached hydrogens (tertiary/aromatic N) is 3. The summed E-state index contributed by atoms with van der Waals surface area (Å²) in [5.74, 6) is 1.05. The van der Waals surface area contributed by atoms with Crippen molar-refractivity contribution in [1.29, 1.82) is 0 Å². The zero-order valence-electron chi connectivity index (χ0n) is 22.5. The first-order valence-electron chi connectivity index (χ1n) is 13.2. The number of halogens is 2. The van der Waals surface area contributed by atoms with Crippen LogP contribution in [0.5, 0.6) is 5.75 Å². The predicted molar refractivity (Wildman–Crippen MR) is 156 cm³/mol. The number of benzene rings is 3. The lowest BCUT2D eigenvalue weighted by molar-refractivity contribution is -0.130. The molecule has 8 heteroatoms. The normalized spacial score (nSPS) is 17.4. The molecule has 2 aliphatic heterocycles. The van der Waals surface area contributed by atoms with E-state index in [2.05, 4.69) is 17.0 Å². The number of ether oxygens (including phenoxy) is 2. The van der Waals surface area contributed by atoms with Gasteiger partial charge in [0.25, 0.3) is 0 Å². The van der Waals surface area contributed by atoms with Gasteiger partial charge < -0.3 is 9.47 Å². The van der Waals surface area contributed by atoms with Gasteiger partial charge in [-0.1, -0.05) is 67.4 Å². The Morgan fingerprint density at radius 1 is 0.974 bits per heavy atom. The number of amidine groups is 1. The lowest BCUT2D eigenvalue weighted by Gasteiger charge is -2.29. The molecule has 5 rings (SSSR count). The number of hydrogen-bond donors (Lipinski definition) is 0. The monoisotopic (exact) mass is 565 g/mol. The molecule has 1 amide bonds. The SMILES string of the molecule is COc1ccc(CN2CCOCC2)cc1C1=NC(c2ccc(Cl)cc2)(c2ccc(Cl)cc2)CN1C(=O)C(C)C. The summed E-state index contributed by atoms with van der Waals surface area (Å²) >= 11 is 12.5. The van der Waals surface area contributed by atoms with Crippen LogP contribution in [0.15, 0.2) is 71.7 Å². The molecule has 1 fully saturated rings. The van der Waals surface area contributed by atoms with Crippen molar-refractivity contribution in [2.75, 3.05) is 40.0 Å². The third kappa shape index (κ3) is 5.71. The van der Waals surface area contributed by atoms with E-state index < -0.39 is 5.54 Å². The third-order valence-corrected chi connectivity index (χ3v) is 7.86. The molecule has 0 unspecified atom stereocenters.